The molecular weight excluding hydrogens is 323 g/mol. The molecule has 2 aromatic carbocycles. The summed E-state index contributed by atoms with van der Waals surface area (Å²) in [6, 6.07) is 10.4. The van der Waals surface area contributed by atoms with Gasteiger partial charge < -0.3 is 9.84 Å². The fourth-order valence-electron chi connectivity index (χ4n) is 2.52. The maximum absolute atomic E-state index is 13.9. The Bertz CT molecular complexity index is 657. The first-order valence-electron chi connectivity index (χ1n) is 6.45. The highest BCUT2D eigenvalue weighted by atomic mass is 79.9. The second-order valence-electron chi connectivity index (χ2n) is 5.07. The summed E-state index contributed by atoms with van der Waals surface area (Å²) >= 11 is 3.33. The van der Waals surface area contributed by atoms with Gasteiger partial charge in [-0.15, -0.1) is 0 Å². The summed E-state index contributed by atoms with van der Waals surface area (Å²) in [4.78, 5) is 0. The van der Waals surface area contributed by atoms with E-state index in [-0.39, 0.29) is 5.82 Å². The van der Waals surface area contributed by atoms with Crippen molar-refractivity contribution < 1.29 is 14.2 Å². The summed E-state index contributed by atoms with van der Waals surface area (Å²) in [6.45, 7) is 1.97. The van der Waals surface area contributed by atoms with Crippen LogP contribution >= 0.6 is 15.9 Å². The van der Waals surface area contributed by atoms with E-state index in [1.54, 1.807) is 12.1 Å². The molecule has 104 valence electrons. The largest absolute Gasteiger partial charge is 0.485 e. The lowest BCUT2D eigenvalue weighted by atomic mass is 9.94. The van der Waals surface area contributed by atoms with Crippen molar-refractivity contribution in [1.29, 1.82) is 0 Å². The van der Waals surface area contributed by atoms with Crippen LogP contribution in [-0.4, -0.2) is 5.11 Å². The summed E-state index contributed by atoms with van der Waals surface area (Å²) in [5.41, 5.74) is 2.31. The molecular formula is C16H14BrFO2. The maximum Gasteiger partial charge on any atom is 0.130 e. The van der Waals surface area contributed by atoms with E-state index in [1.165, 1.54) is 6.07 Å². The van der Waals surface area contributed by atoms with E-state index in [1.807, 2.05) is 25.1 Å². The molecule has 1 heterocycles. The minimum absolute atomic E-state index is 0.319. The molecule has 0 radical (unpaired) electrons. The first-order chi connectivity index (χ1) is 9.54. The van der Waals surface area contributed by atoms with Crippen molar-refractivity contribution >= 4 is 15.9 Å². The lowest BCUT2D eigenvalue weighted by Gasteiger charge is -2.30. The Morgan fingerprint density at radius 3 is 2.80 bits per heavy atom. The second kappa shape index (κ2) is 5.19. The summed E-state index contributed by atoms with van der Waals surface area (Å²) in [7, 11) is 0. The first kappa shape index (κ1) is 13.6. The second-order valence-corrected chi connectivity index (χ2v) is 5.98. The van der Waals surface area contributed by atoms with Gasteiger partial charge in [-0.25, -0.2) is 4.39 Å². The van der Waals surface area contributed by atoms with Gasteiger partial charge in [-0.1, -0.05) is 27.6 Å². The predicted molar refractivity (Wildman–Crippen MR) is 78.2 cm³/mol. The summed E-state index contributed by atoms with van der Waals surface area (Å²) in [6.07, 6.45) is -0.760. The summed E-state index contributed by atoms with van der Waals surface area (Å²) in [5.74, 6) is 0.305. The number of halogens is 2. The van der Waals surface area contributed by atoms with Gasteiger partial charge in [0, 0.05) is 22.0 Å². The Labute approximate surface area is 125 Å². The zero-order chi connectivity index (χ0) is 14.3. The molecule has 0 amide bonds. The number of hydrogen-bond donors (Lipinski definition) is 1. The average molecular weight is 337 g/mol. The van der Waals surface area contributed by atoms with Crippen molar-refractivity contribution in [2.24, 2.45) is 0 Å². The molecule has 0 spiro atoms. The van der Waals surface area contributed by atoms with Crippen molar-refractivity contribution in [3.05, 3.63) is 63.4 Å². The van der Waals surface area contributed by atoms with E-state index in [9.17, 15) is 9.50 Å². The normalized spacial score (nSPS) is 21.2. The predicted octanol–water partition coefficient (Wildman–Crippen LogP) is 4.45. The van der Waals surface area contributed by atoms with E-state index in [4.69, 9.17) is 4.74 Å². The molecule has 4 heteroatoms. The number of benzene rings is 2. The number of ether oxygens (including phenoxy) is 1. The molecule has 2 atom stereocenters. The van der Waals surface area contributed by atoms with Gasteiger partial charge in [0.05, 0.1) is 6.10 Å². The van der Waals surface area contributed by atoms with Gasteiger partial charge >= 0.3 is 0 Å². The number of aliphatic hydroxyl groups is 1. The minimum Gasteiger partial charge on any atom is -0.485 e. The molecule has 0 aromatic heterocycles. The third-order valence-electron chi connectivity index (χ3n) is 3.54. The number of aliphatic hydroxyl groups excluding tert-OH is 1. The Morgan fingerprint density at radius 2 is 2.00 bits per heavy atom. The maximum atomic E-state index is 13.9. The monoisotopic (exact) mass is 336 g/mol. The molecule has 3 rings (SSSR count). The molecule has 0 bridgehead atoms. The molecule has 0 fully saturated rings. The van der Waals surface area contributed by atoms with Gasteiger partial charge in [0.1, 0.15) is 17.7 Å². The van der Waals surface area contributed by atoms with Crippen LogP contribution < -0.4 is 4.74 Å². The summed E-state index contributed by atoms with van der Waals surface area (Å²) in [5, 5.41) is 10.3. The Kier molecular flexibility index (Phi) is 3.52. The molecule has 2 nitrogen and oxygen atoms in total. The van der Waals surface area contributed by atoms with E-state index in [2.05, 4.69) is 15.9 Å². The van der Waals surface area contributed by atoms with Crippen molar-refractivity contribution in [2.75, 3.05) is 0 Å². The Hall–Kier alpha value is -1.39. The molecule has 1 N–H and O–H groups in total. The summed E-state index contributed by atoms with van der Waals surface area (Å²) < 4.78 is 20.6. The van der Waals surface area contributed by atoms with Crippen molar-refractivity contribution in [1.82, 2.24) is 0 Å². The number of aryl methyl sites for hydroxylation is 1. The Balaban J connectivity index is 1.99. The highest BCUT2D eigenvalue weighted by molar-refractivity contribution is 9.10. The van der Waals surface area contributed by atoms with Crippen LogP contribution in [0, 0.1) is 12.7 Å². The van der Waals surface area contributed by atoms with Crippen molar-refractivity contribution in [2.45, 2.75) is 25.6 Å². The molecule has 1 aliphatic rings. The fourth-order valence-corrected chi connectivity index (χ4v) is 2.90. The number of fused-ring (bicyclic) bond motifs is 1. The van der Waals surface area contributed by atoms with E-state index < -0.39 is 12.2 Å². The molecule has 0 aliphatic carbocycles. The fraction of sp³-hybridized carbons (Fsp3) is 0.250. The van der Waals surface area contributed by atoms with Gasteiger partial charge in [-0.2, -0.15) is 0 Å². The van der Waals surface area contributed by atoms with Crippen LogP contribution in [0.3, 0.4) is 0 Å². The SMILES string of the molecule is Cc1ccc2c(c1)[C@@H](O)CC(c1cc(Br)ccc1F)O2. The highest BCUT2D eigenvalue weighted by Gasteiger charge is 2.29. The number of hydrogen-bond acceptors (Lipinski definition) is 2. The quantitative estimate of drug-likeness (QED) is 0.833. The van der Waals surface area contributed by atoms with Crippen LogP contribution in [0.2, 0.25) is 0 Å². The van der Waals surface area contributed by atoms with Gasteiger partial charge in [0.25, 0.3) is 0 Å². The van der Waals surface area contributed by atoms with Crippen molar-refractivity contribution in [3.63, 3.8) is 0 Å². The number of rotatable bonds is 1. The lowest BCUT2D eigenvalue weighted by Crippen LogP contribution is -2.20. The van der Waals surface area contributed by atoms with E-state index in [0.717, 1.165) is 15.6 Å². The first-order valence-corrected chi connectivity index (χ1v) is 7.24. The van der Waals surface area contributed by atoms with Gasteiger partial charge in [-0.3, -0.25) is 0 Å². The third-order valence-corrected chi connectivity index (χ3v) is 4.03. The van der Waals surface area contributed by atoms with Gasteiger partial charge in [0.15, 0.2) is 0 Å². The highest BCUT2D eigenvalue weighted by Crippen LogP contribution is 2.42. The van der Waals surface area contributed by atoms with Crippen LogP contribution in [0.15, 0.2) is 40.9 Å². The third kappa shape index (κ3) is 2.45. The zero-order valence-corrected chi connectivity index (χ0v) is 12.5. The molecule has 0 saturated heterocycles. The lowest BCUT2D eigenvalue weighted by molar-refractivity contribution is 0.0639. The molecule has 1 unspecified atom stereocenters. The molecule has 2 aromatic rings. The van der Waals surface area contributed by atoms with Crippen LogP contribution in [0.1, 0.15) is 35.3 Å². The Morgan fingerprint density at radius 1 is 1.20 bits per heavy atom. The van der Waals surface area contributed by atoms with Gasteiger partial charge in [-0.05, 0) is 37.3 Å². The average Bonchev–Trinajstić information content (AvgIpc) is 2.42. The van der Waals surface area contributed by atoms with Crippen LogP contribution in [0.5, 0.6) is 5.75 Å². The topological polar surface area (TPSA) is 29.5 Å². The molecule has 0 saturated carbocycles. The standard InChI is InChI=1S/C16H14BrFO2/c1-9-2-5-15-12(6-9)14(19)8-16(20-15)11-7-10(17)3-4-13(11)18/h2-7,14,16,19H,8H2,1H3/t14-,16?/m0/s1. The minimum atomic E-state index is -0.637. The smallest absolute Gasteiger partial charge is 0.130 e. The molecule has 20 heavy (non-hydrogen) atoms. The van der Waals surface area contributed by atoms with Gasteiger partial charge in [0.2, 0.25) is 0 Å². The van der Waals surface area contributed by atoms with E-state index >= 15 is 0 Å². The molecule has 1 aliphatic heterocycles. The zero-order valence-electron chi connectivity index (χ0n) is 10.9. The van der Waals surface area contributed by atoms with Crippen molar-refractivity contribution in [3.8, 4) is 5.75 Å². The van der Waals surface area contributed by atoms with Crippen LogP contribution in [0.25, 0.3) is 0 Å². The van der Waals surface area contributed by atoms with Crippen LogP contribution in [-0.2, 0) is 0 Å². The van der Waals surface area contributed by atoms with E-state index in [0.29, 0.717) is 17.7 Å². The van der Waals surface area contributed by atoms with Crippen LogP contribution in [0.4, 0.5) is 4.39 Å².